The second kappa shape index (κ2) is 4.69. The van der Waals surface area contributed by atoms with Crippen LogP contribution in [0.5, 0.6) is 0 Å². The fourth-order valence-electron chi connectivity index (χ4n) is 1.81. The molecule has 6 heteroatoms. The third-order valence-electron chi connectivity index (χ3n) is 3.15. The SMILES string of the molecule is N#Cc1cccc(S(=O)(=O)NCC2(O)CCC2)c1. The molecule has 96 valence electrons. The van der Waals surface area contributed by atoms with Gasteiger partial charge in [-0.1, -0.05) is 6.07 Å². The molecule has 1 aliphatic rings. The molecule has 0 spiro atoms. The number of hydrogen-bond acceptors (Lipinski definition) is 4. The first kappa shape index (κ1) is 13.0. The number of aliphatic hydroxyl groups is 1. The predicted octanol–water partition coefficient (Wildman–Crippen LogP) is 0.752. The molecule has 0 aliphatic heterocycles. The minimum Gasteiger partial charge on any atom is -0.389 e. The summed E-state index contributed by atoms with van der Waals surface area (Å²) < 4.78 is 26.3. The number of benzene rings is 1. The lowest BCUT2D eigenvalue weighted by atomic mass is 9.81. The summed E-state index contributed by atoms with van der Waals surface area (Å²) in [7, 11) is -3.66. The average Bonchev–Trinajstić information content (AvgIpc) is 2.34. The first-order valence-electron chi connectivity index (χ1n) is 5.67. The van der Waals surface area contributed by atoms with Crippen LogP contribution in [0.3, 0.4) is 0 Å². The Hall–Kier alpha value is -1.42. The van der Waals surface area contributed by atoms with Crippen molar-refractivity contribution in [3.63, 3.8) is 0 Å². The summed E-state index contributed by atoms with van der Waals surface area (Å²) in [6.07, 6.45) is 2.16. The van der Waals surface area contributed by atoms with E-state index in [-0.39, 0.29) is 11.4 Å². The molecular formula is C12H14N2O3S. The highest BCUT2D eigenvalue weighted by atomic mass is 32.2. The Labute approximate surface area is 106 Å². The van der Waals surface area contributed by atoms with Gasteiger partial charge in [-0.3, -0.25) is 0 Å². The van der Waals surface area contributed by atoms with Crippen molar-refractivity contribution >= 4 is 10.0 Å². The van der Waals surface area contributed by atoms with E-state index in [2.05, 4.69) is 4.72 Å². The molecule has 0 unspecified atom stereocenters. The minimum absolute atomic E-state index is 0.0200. The lowest BCUT2D eigenvalue weighted by Crippen LogP contribution is -2.47. The Bertz CT molecular complexity index is 586. The number of nitrogens with zero attached hydrogens (tertiary/aromatic N) is 1. The van der Waals surface area contributed by atoms with Crippen molar-refractivity contribution in [2.45, 2.75) is 29.8 Å². The number of nitriles is 1. The monoisotopic (exact) mass is 266 g/mol. The Morgan fingerprint density at radius 1 is 1.44 bits per heavy atom. The van der Waals surface area contributed by atoms with E-state index in [0.29, 0.717) is 18.4 Å². The van der Waals surface area contributed by atoms with Gasteiger partial charge in [0, 0.05) is 6.54 Å². The molecule has 2 N–H and O–H groups in total. The van der Waals surface area contributed by atoms with Gasteiger partial charge in [-0.2, -0.15) is 5.26 Å². The van der Waals surface area contributed by atoms with Crippen LogP contribution in [0.15, 0.2) is 29.2 Å². The van der Waals surface area contributed by atoms with E-state index >= 15 is 0 Å². The molecule has 0 aromatic heterocycles. The smallest absolute Gasteiger partial charge is 0.240 e. The van der Waals surface area contributed by atoms with Crippen molar-refractivity contribution < 1.29 is 13.5 Å². The van der Waals surface area contributed by atoms with E-state index in [1.807, 2.05) is 6.07 Å². The van der Waals surface area contributed by atoms with Gasteiger partial charge in [0.15, 0.2) is 0 Å². The van der Waals surface area contributed by atoms with E-state index in [9.17, 15) is 13.5 Å². The maximum atomic E-state index is 12.0. The number of nitrogens with one attached hydrogen (secondary N) is 1. The van der Waals surface area contributed by atoms with Gasteiger partial charge in [-0.15, -0.1) is 0 Å². The van der Waals surface area contributed by atoms with E-state index in [4.69, 9.17) is 5.26 Å². The summed E-state index contributed by atoms with van der Waals surface area (Å²) in [5, 5.41) is 18.6. The van der Waals surface area contributed by atoms with Gasteiger partial charge < -0.3 is 5.11 Å². The van der Waals surface area contributed by atoms with E-state index in [0.717, 1.165) is 6.42 Å². The topological polar surface area (TPSA) is 90.2 Å². The molecule has 1 aromatic rings. The maximum Gasteiger partial charge on any atom is 0.240 e. The van der Waals surface area contributed by atoms with E-state index < -0.39 is 15.6 Å². The zero-order valence-electron chi connectivity index (χ0n) is 9.76. The third kappa shape index (κ3) is 2.70. The van der Waals surface area contributed by atoms with Crippen molar-refractivity contribution in [2.75, 3.05) is 6.54 Å². The minimum atomic E-state index is -3.66. The summed E-state index contributed by atoms with van der Waals surface area (Å²) in [5.41, 5.74) is -0.611. The molecule has 2 rings (SSSR count). The molecule has 0 radical (unpaired) electrons. The van der Waals surface area contributed by atoms with Gasteiger partial charge in [0.1, 0.15) is 0 Å². The zero-order valence-corrected chi connectivity index (χ0v) is 10.6. The average molecular weight is 266 g/mol. The van der Waals surface area contributed by atoms with Gasteiger partial charge in [-0.25, -0.2) is 13.1 Å². The predicted molar refractivity (Wildman–Crippen MR) is 65.1 cm³/mol. The molecule has 0 amide bonds. The van der Waals surface area contributed by atoms with Crippen molar-refractivity contribution in [1.29, 1.82) is 5.26 Å². The van der Waals surface area contributed by atoms with Crippen LogP contribution in [0.1, 0.15) is 24.8 Å². The standard InChI is InChI=1S/C12H14N2O3S/c13-8-10-3-1-4-11(7-10)18(16,17)14-9-12(15)5-2-6-12/h1,3-4,7,14-15H,2,5-6,9H2. The largest absolute Gasteiger partial charge is 0.389 e. The Morgan fingerprint density at radius 3 is 2.72 bits per heavy atom. The molecule has 1 fully saturated rings. The van der Waals surface area contributed by atoms with Gasteiger partial charge in [0.2, 0.25) is 10.0 Å². The van der Waals surface area contributed by atoms with Gasteiger partial charge in [-0.05, 0) is 37.5 Å². The lowest BCUT2D eigenvalue weighted by molar-refractivity contribution is -0.0270. The summed E-state index contributed by atoms with van der Waals surface area (Å²) in [6, 6.07) is 7.69. The second-order valence-corrected chi connectivity index (χ2v) is 6.31. The van der Waals surface area contributed by atoms with Gasteiger partial charge in [0.25, 0.3) is 0 Å². The molecule has 0 saturated heterocycles. The molecule has 5 nitrogen and oxygen atoms in total. The summed E-state index contributed by atoms with van der Waals surface area (Å²) in [6.45, 7) is 0.0200. The van der Waals surface area contributed by atoms with Crippen LogP contribution in [0.2, 0.25) is 0 Å². The normalized spacial score (nSPS) is 17.8. The molecule has 0 heterocycles. The molecule has 0 bridgehead atoms. The van der Waals surface area contributed by atoms with Crippen molar-refractivity contribution in [2.24, 2.45) is 0 Å². The fraction of sp³-hybridized carbons (Fsp3) is 0.417. The van der Waals surface area contributed by atoms with Crippen LogP contribution < -0.4 is 4.72 Å². The first-order valence-corrected chi connectivity index (χ1v) is 7.16. The van der Waals surface area contributed by atoms with Crippen LogP contribution >= 0.6 is 0 Å². The van der Waals surface area contributed by atoms with Crippen LogP contribution in [-0.2, 0) is 10.0 Å². The number of hydrogen-bond donors (Lipinski definition) is 2. The molecule has 1 saturated carbocycles. The van der Waals surface area contributed by atoms with Crippen LogP contribution in [-0.4, -0.2) is 25.7 Å². The van der Waals surface area contributed by atoms with E-state index in [1.54, 1.807) is 6.07 Å². The lowest BCUT2D eigenvalue weighted by Gasteiger charge is -2.36. The Balaban J connectivity index is 2.12. The zero-order chi connectivity index (χ0) is 13.2. The third-order valence-corrected chi connectivity index (χ3v) is 4.55. The van der Waals surface area contributed by atoms with Crippen LogP contribution in [0.25, 0.3) is 0 Å². The second-order valence-electron chi connectivity index (χ2n) is 4.54. The summed E-state index contributed by atoms with van der Waals surface area (Å²) in [4.78, 5) is 0.0458. The first-order chi connectivity index (χ1) is 8.45. The molecule has 18 heavy (non-hydrogen) atoms. The molecule has 0 atom stereocenters. The summed E-state index contributed by atoms with van der Waals surface area (Å²) >= 11 is 0. The Morgan fingerprint density at radius 2 is 2.17 bits per heavy atom. The number of rotatable bonds is 4. The molecule has 1 aromatic carbocycles. The summed E-state index contributed by atoms with van der Waals surface area (Å²) in [5.74, 6) is 0. The van der Waals surface area contributed by atoms with Crippen molar-refractivity contribution in [1.82, 2.24) is 4.72 Å². The van der Waals surface area contributed by atoms with E-state index in [1.165, 1.54) is 18.2 Å². The fourth-order valence-corrected chi connectivity index (χ4v) is 2.97. The van der Waals surface area contributed by atoms with Crippen molar-refractivity contribution in [3.8, 4) is 6.07 Å². The van der Waals surface area contributed by atoms with Crippen LogP contribution in [0.4, 0.5) is 0 Å². The van der Waals surface area contributed by atoms with Gasteiger partial charge >= 0.3 is 0 Å². The molecular weight excluding hydrogens is 252 g/mol. The van der Waals surface area contributed by atoms with Gasteiger partial charge in [0.05, 0.1) is 22.1 Å². The van der Waals surface area contributed by atoms with Crippen molar-refractivity contribution in [3.05, 3.63) is 29.8 Å². The Kier molecular flexibility index (Phi) is 3.39. The quantitative estimate of drug-likeness (QED) is 0.841. The highest BCUT2D eigenvalue weighted by Gasteiger charge is 2.35. The molecule has 1 aliphatic carbocycles. The number of sulfonamides is 1. The highest BCUT2D eigenvalue weighted by Crippen LogP contribution is 2.31. The van der Waals surface area contributed by atoms with Crippen LogP contribution in [0, 0.1) is 11.3 Å². The maximum absolute atomic E-state index is 12.0. The highest BCUT2D eigenvalue weighted by molar-refractivity contribution is 7.89.